The van der Waals surface area contributed by atoms with Crippen molar-refractivity contribution in [3.05, 3.63) is 65.6 Å². The van der Waals surface area contributed by atoms with Gasteiger partial charge in [0.25, 0.3) is 5.91 Å². The molecule has 0 unspecified atom stereocenters. The third-order valence-electron chi connectivity index (χ3n) is 8.34. The molecule has 40 heavy (non-hydrogen) atoms. The first-order chi connectivity index (χ1) is 19.2. The van der Waals surface area contributed by atoms with Gasteiger partial charge in [0, 0.05) is 48.3 Å². The van der Waals surface area contributed by atoms with Crippen molar-refractivity contribution in [3.63, 3.8) is 0 Å². The summed E-state index contributed by atoms with van der Waals surface area (Å²) >= 11 is 0. The Labute approximate surface area is 231 Å². The van der Waals surface area contributed by atoms with E-state index in [1.165, 1.54) is 0 Å². The molecule has 0 spiro atoms. The number of nitrogens with zero attached hydrogens (tertiary/aromatic N) is 3. The summed E-state index contributed by atoms with van der Waals surface area (Å²) in [7, 11) is -4.22. The second-order valence-corrected chi connectivity index (χ2v) is 12.7. The molecule has 5 heterocycles. The molecule has 3 aliphatic heterocycles. The molecule has 11 nitrogen and oxygen atoms in total. The Balaban J connectivity index is 1.13. The molecule has 3 fully saturated rings. The molecule has 0 saturated carbocycles. The quantitative estimate of drug-likeness (QED) is 0.335. The number of likely N-dealkylation sites (tertiary alicyclic amines) is 1. The lowest BCUT2D eigenvalue weighted by molar-refractivity contribution is -0.148. The van der Waals surface area contributed by atoms with E-state index >= 15 is 0 Å². The average Bonchev–Trinajstić information content (AvgIpc) is 3.47. The summed E-state index contributed by atoms with van der Waals surface area (Å²) in [5.74, 6) is -0.416. The number of rotatable bonds is 6. The van der Waals surface area contributed by atoms with Crippen molar-refractivity contribution in [2.75, 3.05) is 13.1 Å². The Morgan fingerprint density at radius 1 is 1.10 bits per heavy atom. The molecular formula is C28H32N5O6P. The fourth-order valence-corrected chi connectivity index (χ4v) is 6.98. The zero-order chi connectivity index (χ0) is 28.0. The van der Waals surface area contributed by atoms with E-state index in [1.54, 1.807) is 35.4 Å². The number of aromatic amines is 1. The summed E-state index contributed by atoms with van der Waals surface area (Å²) in [6.07, 6.45) is 6.65. The highest BCUT2D eigenvalue weighted by Gasteiger charge is 2.47. The Bertz CT molecular complexity index is 1500. The third-order valence-corrected chi connectivity index (χ3v) is 9.12. The molecule has 2 aromatic heterocycles. The van der Waals surface area contributed by atoms with Gasteiger partial charge in [0.15, 0.2) is 0 Å². The molecule has 0 radical (unpaired) electrons. The van der Waals surface area contributed by atoms with Crippen molar-refractivity contribution in [3.8, 4) is 0 Å². The summed E-state index contributed by atoms with van der Waals surface area (Å²) in [6, 6.07) is 9.20. The van der Waals surface area contributed by atoms with Crippen LogP contribution in [0.2, 0.25) is 0 Å². The summed E-state index contributed by atoms with van der Waals surface area (Å²) in [5, 5.41) is 3.52. The van der Waals surface area contributed by atoms with Gasteiger partial charge in [0.1, 0.15) is 17.8 Å². The van der Waals surface area contributed by atoms with Crippen LogP contribution in [0.15, 0.2) is 48.8 Å². The number of aromatic nitrogens is 2. The number of carbonyl (C=O) groups excluding carboxylic acids is 3. The van der Waals surface area contributed by atoms with E-state index in [0.717, 1.165) is 24.8 Å². The predicted octanol–water partition coefficient (Wildman–Crippen LogP) is 2.51. The van der Waals surface area contributed by atoms with Gasteiger partial charge in [-0.1, -0.05) is 12.1 Å². The predicted molar refractivity (Wildman–Crippen MR) is 146 cm³/mol. The van der Waals surface area contributed by atoms with Crippen molar-refractivity contribution >= 4 is 36.2 Å². The van der Waals surface area contributed by atoms with E-state index < -0.39 is 25.6 Å². The summed E-state index contributed by atoms with van der Waals surface area (Å²) in [5.41, 5.74) is 2.49. The van der Waals surface area contributed by atoms with E-state index in [4.69, 9.17) is 0 Å². The Morgan fingerprint density at radius 2 is 1.93 bits per heavy atom. The minimum absolute atomic E-state index is 0.000676. The molecule has 12 heteroatoms. The van der Waals surface area contributed by atoms with Crippen LogP contribution in [0.1, 0.15) is 59.6 Å². The number of pyridine rings is 1. The van der Waals surface area contributed by atoms with Crippen molar-refractivity contribution < 1.29 is 28.7 Å². The van der Waals surface area contributed by atoms with Crippen molar-refractivity contribution in [1.29, 1.82) is 0 Å². The maximum Gasteiger partial charge on any atom is 0.329 e. The molecule has 3 aromatic rings. The number of benzene rings is 1. The number of hydrogen-bond donors (Lipinski definition) is 4. The molecule has 4 N–H and O–H groups in total. The molecule has 6 rings (SSSR count). The van der Waals surface area contributed by atoms with Crippen LogP contribution < -0.4 is 5.32 Å². The van der Waals surface area contributed by atoms with Gasteiger partial charge in [-0.15, -0.1) is 0 Å². The molecule has 3 amide bonds. The summed E-state index contributed by atoms with van der Waals surface area (Å²) < 4.78 is 11.4. The van der Waals surface area contributed by atoms with Crippen LogP contribution in [0.3, 0.4) is 0 Å². The second kappa shape index (κ2) is 10.5. The number of amides is 3. The number of fused-ring (bicyclic) bond motifs is 2. The summed E-state index contributed by atoms with van der Waals surface area (Å²) in [4.78, 5) is 69.6. The maximum atomic E-state index is 13.7. The molecule has 0 aliphatic carbocycles. The van der Waals surface area contributed by atoms with Gasteiger partial charge in [0.2, 0.25) is 11.8 Å². The van der Waals surface area contributed by atoms with E-state index in [1.807, 2.05) is 23.2 Å². The van der Waals surface area contributed by atoms with Gasteiger partial charge in [-0.2, -0.15) is 0 Å². The lowest BCUT2D eigenvalue weighted by Gasteiger charge is -2.42. The molecule has 3 atom stereocenters. The topological polar surface area (TPSA) is 156 Å². The van der Waals surface area contributed by atoms with E-state index in [0.29, 0.717) is 42.4 Å². The molecule has 3 saturated heterocycles. The first-order valence-corrected chi connectivity index (χ1v) is 15.4. The van der Waals surface area contributed by atoms with Gasteiger partial charge < -0.3 is 29.9 Å². The monoisotopic (exact) mass is 565 g/mol. The minimum Gasteiger partial charge on any atom is -0.351 e. The highest BCUT2D eigenvalue weighted by atomic mass is 31.2. The van der Waals surface area contributed by atoms with Crippen LogP contribution in [-0.4, -0.2) is 78.5 Å². The Morgan fingerprint density at radius 3 is 2.67 bits per heavy atom. The first kappa shape index (κ1) is 26.7. The van der Waals surface area contributed by atoms with E-state index in [9.17, 15) is 28.7 Å². The maximum absolute atomic E-state index is 13.7. The molecular weight excluding hydrogens is 533 g/mol. The van der Waals surface area contributed by atoms with Gasteiger partial charge in [-0.05, 0) is 67.5 Å². The molecule has 0 bridgehead atoms. The second-order valence-electron chi connectivity index (χ2n) is 11.1. The Kier molecular flexibility index (Phi) is 6.98. The average molecular weight is 566 g/mol. The smallest absolute Gasteiger partial charge is 0.329 e. The SMILES string of the molecule is O=C(N[C@H]1CCC[C@H]2CC[C@@H](C(=O)N3CC(c4cccnc4)C3)N2C1=O)c1cc2cc(CP(=O)(O)O)ccc2[nH]1. The van der Waals surface area contributed by atoms with Gasteiger partial charge in [0.05, 0.1) is 6.16 Å². The highest BCUT2D eigenvalue weighted by Crippen LogP contribution is 2.39. The lowest BCUT2D eigenvalue weighted by Crippen LogP contribution is -2.58. The van der Waals surface area contributed by atoms with E-state index in [2.05, 4.69) is 15.3 Å². The minimum atomic E-state index is -4.22. The van der Waals surface area contributed by atoms with Crippen LogP contribution in [-0.2, 0) is 20.3 Å². The molecule has 1 aromatic carbocycles. The standard InChI is InChI=1S/C28H32N5O6P/c34-26(24-12-19-11-17(16-40(37,38)39)6-8-22(19)30-24)31-23-5-1-4-21-7-9-25(33(21)27(23)35)28(36)32-14-20(15-32)18-3-2-10-29-13-18/h2-3,6,8,10-13,20-21,23,25,30H,1,4-5,7,9,14-16H2,(H,31,34)(H2,37,38,39)/t21-,23-,25-/m0/s1. The third kappa shape index (κ3) is 5.29. The van der Waals surface area contributed by atoms with Crippen molar-refractivity contribution in [2.45, 2.75) is 62.3 Å². The fraction of sp³-hybridized carbons (Fsp3) is 0.429. The van der Waals surface area contributed by atoms with Crippen LogP contribution in [0.4, 0.5) is 0 Å². The number of H-pyrrole nitrogens is 1. The van der Waals surface area contributed by atoms with Crippen LogP contribution in [0.25, 0.3) is 10.9 Å². The first-order valence-electron chi connectivity index (χ1n) is 13.6. The zero-order valence-electron chi connectivity index (χ0n) is 21.9. The van der Waals surface area contributed by atoms with Gasteiger partial charge in [-0.3, -0.25) is 23.9 Å². The van der Waals surface area contributed by atoms with Crippen LogP contribution in [0.5, 0.6) is 0 Å². The van der Waals surface area contributed by atoms with Crippen LogP contribution >= 0.6 is 7.60 Å². The zero-order valence-corrected chi connectivity index (χ0v) is 22.8. The number of hydrogen-bond acceptors (Lipinski definition) is 5. The van der Waals surface area contributed by atoms with Gasteiger partial charge >= 0.3 is 7.60 Å². The molecule has 3 aliphatic rings. The fourth-order valence-electron chi connectivity index (χ4n) is 6.31. The van der Waals surface area contributed by atoms with Gasteiger partial charge in [-0.25, -0.2) is 0 Å². The number of carbonyl (C=O) groups is 3. The number of nitrogens with one attached hydrogen (secondary N) is 2. The lowest BCUT2D eigenvalue weighted by atomic mass is 9.92. The highest BCUT2D eigenvalue weighted by molar-refractivity contribution is 7.50. The molecule has 210 valence electrons. The van der Waals surface area contributed by atoms with Crippen molar-refractivity contribution in [2.24, 2.45) is 0 Å². The Hall–Kier alpha value is -3.53. The van der Waals surface area contributed by atoms with Crippen molar-refractivity contribution in [1.82, 2.24) is 25.1 Å². The largest absolute Gasteiger partial charge is 0.351 e. The van der Waals surface area contributed by atoms with E-state index in [-0.39, 0.29) is 35.6 Å². The summed E-state index contributed by atoms with van der Waals surface area (Å²) in [6.45, 7) is 1.23. The van der Waals surface area contributed by atoms with Crippen LogP contribution in [0, 0.1) is 0 Å². The normalized spacial score (nSPS) is 23.6.